The normalized spacial score (nSPS) is 11.1. The van der Waals surface area contributed by atoms with Gasteiger partial charge in [0.1, 0.15) is 0 Å². The minimum atomic E-state index is -0.991. The molecule has 0 saturated carbocycles. The average Bonchev–Trinajstić information content (AvgIpc) is 2.07. The predicted octanol–water partition coefficient (Wildman–Crippen LogP) is 1.10. The molecule has 0 saturated heterocycles. The zero-order valence-corrected chi connectivity index (χ0v) is 10.9. The van der Waals surface area contributed by atoms with E-state index >= 15 is 0 Å². The Kier molecular flexibility index (Phi) is 6.23. The SMILES string of the molecule is C[Si](C)(C)CCCNC(=O)CCC(N)=O. The van der Waals surface area contributed by atoms with Crippen molar-refractivity contribution in [1.29, 1.82) is 0 Å². The highest BCUT2D eigenvalue weighted by atomic mass is 28.3. The number of primary amides is 1. The van der Waals surface area contributed by atoms with Crippen molar-refractivity contribution in [1.82, 2.24) is 5.32 Å². The molecule has 0 aromatic carbocycles. The van der Waals surface area contributed by atoms with E-state index < -0.39 is 14.0 Å². The van der Waals surface area contributed by atoms with Gasteiger partial charge in [-0.1, -0.05) is 25.7 Å². The Morgan fingerprint density at radius 1 is 1.20 bits per heavy atom. The van der Waals surface area contributed by atoms with Crippen molar-refractivity contribution >= 4 is 19.9 Å². The number of hydrogen-bond donors (Lipinski definition) is 2. The fraction of sp³-hybridized carbons (Fsp3) is 0.800. The van der Waals surface area contributed by atoms with Gasteiger partial charge in [-0.3, -0.25) is 9.59 Å². The second-order valence-corrected chi connectivity index (χ2v) is 10.6. The van der Waals surface area contributed by atoms with Gasteiger partial charge in [-0.2, -0.15) is 0 Å². The summed E-state index contributed by atoms with van der Waals surface area (Å²) in [6, 6.07) is 1.21. The van der Waals surface area contributed by atoms with Gasteiger partial charge in [0, 0.05) is 27.5 Å². The topological polar surface area (TPSA) is 72.2 Å². The lowest BCUT2D eigenvalue weighted by Crippen LogP contribution is -2.28. The third-order valence-electron chi connectivity index (χ3n) is 2.02. The van der Waals surface area contributed by atoms with Crippen molar-refractivity contribution in [3.63, 3.8) is 0 Å². The molecule has 0 unspecified atom stereocenters. The van der Waals surface area contributed by atoms with Crippen LogP contribution >= 0.6 is 0 Å². The Bertz CT molecular complexity index is 224. The highest BCUT2D eigenvalue weighted by molar-refractivity contribution is 6.76. The lowest BCUT2D eigenvalue weighted by atomic mass is 10.3. The van der Waals surface area contributed by atoms with Crippen LogP contribution in [-0.2, 0) is 9.59 Å². The molecule has 3 N–H and O–H groups in total. The lowest BCUT2D eigenvalue weighted by molar-refractivity contribution is -0.125. The van der Waals surface area contributed by atoms with E-state index in [-0.39, 0.29) is 18.7 Å². The van der Waals surface area contributed by atoms with Crippen LogP contribution in [0.15, 0.2) is 0 Å². The van der Waals surface area contributed by atoms with Crippen LogP contribution in [0.1, 0.15) is 19.3 Å². The summed E-state index contributed by atoms with van der Waals surface area (Å²) in [4.78, 5) is 21.6. The van der Waals surface area contributed by atoms with E-state index in [0.717, 1.165) is 6.42 Å². The highest BCUT2D eigenvalue weighted by Crippen LogP contribution is 2.09. The first kappa shape index (κ1) is 14.2. The molecule has 2 amide bonds. The fourth-order valence-electron chi connectivity index (χ4n) is 1.17. The molecule has 15 heavy (non-hydrogen) atoms. The van der Waals surface area contributed by atoms with Gasteiger partial charge in [0.05, 0.1) is 0 Å². The van der Waals surface area contributed by atoms with Crippen LogP contribution in [0.3, 0.4) is 0 Å². The van der Waals surface area contributed by atoms with Gasteiger partial charge < -0.3 is 11.1 Å². The Morgan fingerprint density at radius 3 is 2.27 bits per heavy atom. The number of hydrogen-bond acceptors (Lipinski definition) is 2. The van der Waals surface area contributed by atoms with E-state index in [1.54, 1.807) is 0 Å². The van der Waals surface area contributed by atoms with Crippen LogP contribution in [0.25, 0.3) is 0 Å². The molecule has 0 bridgehead atoms. The van der Waals surface area contributed by atoms with Crippen LogP contribution in [-0.4, -0.2) is 26.4 Å². The van der Waals surface area contributed by atoms with Gasteiger partial charge in [0.15, 0.2) is 0 Å². The fourth-order valence-corrected chi connectivity index (χ4v) is 2.41. The van der Waals surface area contributed by atoms with Gasteiger partial charge >= 0.3 is 0 Å². The highest BCUT2D eigenvalue weighted by Gasteiger charge is 2.12. The summed E-state index contributed by atoms with van der Waals surface area (Å²) in [6.45, 7) is 7.63. The largest absolute Gasteiger partial charge is 0.370 e. The summed E-state index contributed by atoms with van der Waals surface area (Å²) in [5.41, 5.74) is 4.94. The van der Waals surface area contributed by atoms with Crippen LogP contribution in [0.2, 0.25) is 25.7 Å². The first-order valence-electron chi connectivity index (χ1n) is 5.36. The molecule has 88 valence electrons. The Balaban J connectivity index is 3.44. The molecule has 0 heterocycles. The van der Waals surface area contributed by atoms with Gasteiger partial charge in [0.25, 0.3) is 0 Å². The summed E-state index contributed by atoms with van der Waals surface area (Å²) >= 11 is 0. The smallest absolute Gasteiger partial charge is 0.220 e. The molecule has 0 aliphatic rings. The van der Waals surface area contributed by atoms with E-state index in [1.807, 2.05) is 0 Å². The van der Waals surface area contributed by atoms with Crippen LogP contribution in [0.5, 0.6) is 0 Å². The minimum Gasteiger partial charge on any atom is -0.370 e. The van der Waals surface area contributed by atoms with Crippen LogP contribution in [0.4, 0.5) is 0 Å². The van der Waals surface area contributed by atoms with Crippen molar-refractivity contribution in [3.8, 4) is 0 Å². The Morgan fingerprint density at radius 2 is 1.80 bits per heavy atom. The summed E-state index contributed by atoms with van der Waals surface area (Å²) in [7, 11) is -0.991. The quantitative estimate of drug-likeness (QED) is 0.508. The maximum absolute atomic E-state index is 11.2. The molecule has 0 aliphatic heterocycles. The van der Waals surface area contributed by atoms with Crippen molar-refractivity contribution in [2.24, 2.45) is 5.73 Å². The molecule has 0 aromatic rings. The van der Waals surface area contributed by atoms with Crippen molar-refractivity contribution in [3.05, 3.63) is 0 Å². The maximum atomic E-state index is 11.2. The van der Waals surface area contributed by atoms with Crippen molar-refractivity contribution in [2.75, 3.05) is 6.54 Å². The number of nitrogens with two attached hydrogens (primary N) is 1. The first-order chi connectivity index (χ1) is 6.81. The Hall–Kier alpha value is -0.843. The van der Waals surface area contributed by atoms with Gasteiger partial charge in [0.2, 0.25) is 11.8 Å². The molecule has 0 aromatic heterocycles. The summed E-state index contributed by atoms with van der Waals surface area (Å²) in [5.74, 6) is -0.503. The molecule has 5 heteroatoms. The molecule has 4 nitrogen and oxygen atoms in total. The molecule has 0 aliphatic carbocycles. The van der Waals surface area contributed by atoms with Crippen molar-refractivity contribution in [2.45, 2.75) is 44.9 Å². The third kappa shape index (κ3) is 11.1. The molecular formula is C10H22N2O2Si. The Labute approximate surface area is 92.6 Å². The van der Waals surface area contributed by atoms with E-state index in [0.29, 0.717) is 6.54 Å². The number of carbonyl (C=O) groups is 2. The lowest BCUT2D eigenvalue weighted by Gasteiger charge is -2.15. The zero-order chi connectivity index (χ0) is 11.9. The van der Waals surface area contributed by atoms with E-state index in [2.05, 4.69) is 25.0 Å². The van der Waals surface area contributed by atoms with Gasteiger partial charge in [-0.05, 0) is 6.42 Å². The number of rotatable bonds is 7. The second kappa shape index (κ2) is 6.61. The molecular weight excluding hydrogens is 208 g/mol. The van der Waals surface area contributed by atoms with E-state index in [1.165, 1.54) is 6.04 Å². The summed E-state index contributed by atoms with van der Waals surface area (Å²) in [6.07, 6.45) is 1.38. The van der Waals surface area contributed by atoms with Crippen LogP contribution in [0, 0.1) is 0 Å². The van der Waals surface area contributed by atoms with E-state index in [4.69, 9.17) is 5.73 Å². The number of carbonyl (C=O) groups excluding carboxylic acids is 2. The molecule has 0 rings (SSSR count). The molecule has 0 radical (unpaired) electrons. The van der Waals surface area contributed by atoms with E-state index in [9.17, 15) is 9.59 Å². The molecule has 0 fully saturated rings. The standard InChI is InChI=1S/C10H22N2O2Si/c1-15(2,3)8-4-7-12-10(14)6-5-9(11)13/h4-8H2,1-3H3,(H2,11,13)(H,12,14). The molecule has 0 spiro atoms. The van der Waals surface area contributed by atoms with Gasteiger partial charge in [-0.15, -0.1) is 0 Å². The summed E-state index contributed by atoms with van der Waals surface area (Å²) in [5, 5.41) is 2.79. The zero-order valence-electron chi connectivity index (χ0n) is 9.93. The minimum absolute atomic E-state index is 0.0793. The predicted molar refractivity (Wildman–Crippen MR) is 64.2 cm³/mol. The third-order valence-corrected chi connectivity index (χ3v) is 3.88. The monoisotopic (exact) mass is 230 g/mol. The second-order valence-electron chi connectivity index (χ2n) is 4.98. The summed E-state index contributed by atoms with van der Waals surface area (Å²) < 4.78 is 0. The first-order valence-corrected chi connectivity index (χ1v) is 9.07. The number of amides is 2. The van der Waals surface area contributed by atoms with Crippen molar-refractivity contribution < 1.29 is 9.59 Å². The maximum Gasteiger partial charge on any atom is 0.220 e. The number of nitrogens with one attached hydrogen (secondary N) is 1. The molecule has 0 atom stereocenters. The van der Waals surface area contributed by atoms with Gasteiger partial charge in [-0.25, -0.2) is 0 Å². The van der Waals surface area contributed by atoms with Crippen LogP contribution < -0.4 is 11.1 Å². The average molecular weight is 230 g/mol.